The summed E-state index contributed by atoms with van der Waals surface area (Å²) in [6, 6.07) is 8.65. The van der Waals surface area contributed by atoms with Gasteiger partial charge in [0.15, 0.2) is 11.5 Å². The van der Waals surface area contributed by atoms with Gasteiger partial charge in [-0.05, 0) is 30.2 Å². The number of nitro groups is 1. The zero-order chi connectivity index (χ0) is 20.0. The van der Waals surface area contributed by atoms with Gasteiger partial charge in [0.25, 0.3) is 5.69 Å². The summed E-state index contributed by atoms with van der Waals surface area (Å²) in [5, 5.41) is 10.8. The highest BCUT2D eigenvalue weighted by molar-refractivity contribution is 7.89. The fraction of sp³-hybridized carbons (Fsp3) is 0.294. The molecule has 9 nitrogen and oxygen atoms in total. The van der Waals surface area contributed by atoms with Crippen molar-refractivity contribution in [2.45, 2.75) is 11.3 Å². The topological polar surface area (TPSA) is 117 Å². The largest absolute Gasteiger partial charge is 0.495 e. The Bertz CT molecular complexity index is 929. The van der Waals surface area contributed by atoms with Gasteiger partial charge in [-0.2, -0.15) is 0 Å². The van der Waals surface area contributed by atoms with Crippen LogP contribution in [0.5, 0.6) is 17.2 Å². The second-order valence-corrected chi connectivity index (χ2v) is 7.16. The number of methoxy groups -OCH3 is 3. The lowest BCUT2D eigenvalue weighted by molar-refractivity contribution is -0.385. The molecule has 0 saturated heterocycles. The third-order valence-corrected chi connectivity index (χ3v) is 5.30. The molecular formula is C17H20N2O7S. The molecule has 0 amide bonds. The summed E-state index contributed by atoms with van der Waals surface area (Å²) in [6.07, 6.45) is 0.412. The second-order valence-electron chi connectivity index (χ2n) is 5.43. The molecule has 0 heterocycles. The Labute approximate surface area is 157 Å². The minimum atomic E-state index is -3.90. The van der Waals surface area contributed by atoms with E-state index in [1.165, 1.54) is 21.3 Å². The minimum absolute atomic E-state index is 0.0946. The van der Waals surface area contributed by atoms with E-state index in [4.69, 9.17) is 14.2 Å². The Morgan fingerprint density at radius 1 is 0.963 bits per heavy atom. The second kappa shape index (κ2) is 8.69. The standard InChI is InChI=1S/C17H20N2O7S/c1-24-14-6-4-12(10-15(14)25-2)8-9-18-27(22,23)17-7-5-13(19(20)21)11-16(17)26-3/h4-7,10-11,18H,8-9H2,1-3H3. The van der Waals surface area contributed by atoms with Gasteiger partial charge in [-0.25, -0.2) is 13.1 Å². The monoisotopic (exact) mass is 396 g/mol. The smallest absolute Gasteiger partial charge is 0.273 e. The molecule has 0 radical (unpaired) electrons. The van der Waals surface area contributed by atoms with Crippen LogP contribution in [0.4, 0.5) is 5.69 Å². The maximum absolute atomic E-state index is 12.5. The molecule has 2 rings (SSSR count). The van der Waals surface area contributed by atoms with Crippen molar-refractivity contribution < 1.29 is 27.6 Å². The summed E-state index contributed by atoms with van der Waals surface area (Å²) in [6.45, 7) is 0.123. The fourth-order valence-corrected chi connectivity index (χ4v) is 3.62. The molecule has 27 heavy (non-hydrogen) atoms. The highest BCUT2D eigenvalue weighted by Crippen LogP contribution is 2.29. The molecule has 0 fully saturated rings. The van der Waals surface area contributed by atoms with E-state index in [2.05, 4.69) is 4.72 Å². The van der Waals surface area contributed by atoms with E-state index in [0.29, 0.717) is 17.9 Å². The Balaban J connectivity index is 2.12. The third kappa shape index (κ3) is 4.86. The molecule has 146 valence electrons. The molecule has 2 aromatic rings. The molecule has 0 saturated carbocycles. The predicted octanol–water partition coefficient (Wildman–Crippen LogP) is 2.14. The molecule has 2 aromatic carbocycles. The summed E-state index contributed by atoms with van der Waals surface area (Å²) in [4.78, 5) is 10.0. The number of hydrogen-bond donors (Lipinski definition) is 1. The molecule has 0 aromatic heterocycles. The van der Waals surface area contributed by atoms with E-state index in [9.17, 15) is 18.5 Å². The van der Waals surface area contributed by atoms with Crippen molar-refractivity contribution in [1.29, 1.82) is 0 Å². The summed E-state index contributed by atoms with van der Waals surface area (Å²) in [7, 11) is 0.404. The van der Waals surface area contributed by atoms with Crippen molar-refractivity contribution in [2.75, 3.05) is 27.9 Å². The number of sulfonamides is 1. The van der Waals surface area contributed by atoms with Crippen LogP contribution in [0.3, 0.4) is 0 Å². The summed E-state index contributed by atoms with van der Waals surface area (Å²) in [5.41, 5.74) is 0.599. The number of rotatable bonds is 9. The van der Waals surface area contributed by atoms with Gasteiger partial charge in [-0.15, -0.1) is 0 Å². The highest BCUT2D eigenvalue weighted by Gasteiger charge is 2.22. The molecular weight excluding hydrogens is 376 g/mol. The average molecular weight is 396 g/mol. The Morgan fingerprint density at radius 3 is 2.22 bits per heavy atom. The molecule has 1 N–H and O–H groups in total. The fourth-order valence-electron chi connectivity index (χ4n) is 2.44. The van der Waals surface area contributed by atoms with Crippen LogP contribution in [0.2, 0.25) is 0 Å². The van der Waals surface area contributed by atoms with Crippen LogP contribution in [0.1, 0.15) is 5.56 Å². The van der Waals surface area contributed by atoms with E-state index >= 15 is 0 Å². The quantitative estimate of drug-likeness (QED) is 0.510. The summed E-state index contributed by atoms with van der Waals surface area (Å²) < 4.78 is 42.8. The number of nitrogens with one attached hydrogen (secondary N) is 1. The van der Waals surface area contributed by atoms with Crippen LogP contribution in [-0.4, -0.2) is 41.2 Å². The zero-order valence-corrected chi connectivity index (χ0v) is 15.9. The van der Waals surface area contributed by atoms with Crippen molar-refractivity contribution >= 4 is 15.7 Å². The minimum Gasteiger partial charge on any atom is -0.495 e. The normalized spacial score (nSPS) is 11.1. The average Bonchev–Trinajstić information content (AvgIpc) is 2.66. The Kier molecular flexibility index (Phi) is 6.59. The van der Waals surface area contributed by atoms with Gasteiger partial charge >= 0.3 is 0 Å². The van der Waals surface area contributed by atoms with Gasteiger partial charge in [0.05, 0.1) is 32.3 Å². The predicted molar refractivity (Wildman–Crippen MR) is 98.1 cm³/mol. The van der Waals surface area contributed by atoms with E-state index in [1.54, 1.807) is 12.1 Å². The summed E-state index contributed by atoms with van der Waals surface area (Å²) >= 11 is 0. The maximum atomic E-state index is 12.5. The van der Waals surface area contributed by atoms with Crippen molar-refractivity contribution in [3.63, 3.8) is 0 Å². The van der Waals surface area contributed by atoms with E-state index < -0.39 is 14.9 Å². The van der Waals surface area contributed by atoms with Crippen molar-refractivity contribution in [3.8, 4) is 17.2 Å². The Morgan fingerprint density at radius 2 is 1.63 bits per heavy atom. The van der Waals surface area contributed by atoms with Crippen LogP contribution < -0.4 is 18.9 Å². The lowest BCUT2D eigenvalue weighted by Gasteiger charge is -2.12. The van der Waals surface area contributed by atoms with Crippen LogP contribution >= 0.6 is 0 Å². The van der Waals surface area contributed by atoms with Crippen LogP contribution in [0.25, 0.3) is 0 Å². The molecule has 0 spiro atoms. The maximum Gasteiger partial charge on any atom is 0.273 e. The van der Waals surface area contributed by atoms with Gasteiger partial charge in [-0.3, -0.25) is 10.1 Å². The van der Waals surface area contributed by atoms with Gasteiger partial charge < -0.3 is 14.2 Å². The number of non-ortho nitro benzene ring substituents is 1. The molecule has 0 bridgehead atoms. The highest BCUT2D eigenvalue weighted by atomic mass is 32.2. The van der Waals surface area contributed by atoms with Crippen molar-refractivity contribution in [3.05, 3.63) is 52.1 Å². The van der Waals surface area contributed by atoms with Crippen LogP contribution in [0.15, 0.2) is 41.3 Å². The number of nitro benzene ring substituents is 1. The molecule has 0 unspecified atom stereocenters. The van der Waals surface area contributed by atoms with Crippen molar-refractivity contribution in [2.24, 2.45) is 0 Å². The first kappa shape index (κ1) is 20.5. The number of ether oxygens (including phenoxy) is 3. The van der Waals surface area contributed by atoms with E-state index in [1.807, 2.05) is 6.07 Å². The van der Waals surface area contributed by atoms with E-state index in [-0.39, 0.29) is 22.9 Å². The summed E-state index contributed by atoms with van der Waals surface area (Å²) in [5.74, 6) is 1.04. The van der Waals surface area contributed by atoms with Crippen LogP contribution in [0, 0.1) is 10.1 Å². The zero-order valence-electron chi connectivity index (χ0n) is 15.1. The molecule has 10 heteroatoms. The molecule has 0 aliphatic heterocycles. The number of hydrogen-bond acceptors (Lipinski definition) is 7. The van der Waals surface area contributed by atoms with Gasteiger partial charge in [0.1, 0.15) is 10.6 Å². The Hall–Kier alpha value is -2.85. The van der Waals surface area contributed by atoms with E-state index in [0.717, 1.165) is 23.8 Å². The lowest BCUT2D eigenvalue weighted by Crippen LogP contribution is -2.26. The van der Waals surface area contributed by atoms with Gasteiger partial charge in [-0.1, -0.05) is 6.07 Å². The molecule has 0 aliphatic rings. The van der Waals surface area contributed by atoms with Gasteiger partial charge in [0.2, 0.25) is 10.0 Å². The first-order valence-corrected chi connectivity index (χ1v) is 9.33. The molecule has 0 aliphatic carbocycles. The van der Waals surface area contributed by atoms with Gasteiger partial charge in [0, 0.05) is 12.6 Å². The lowest BCUT2D eigenvalue weighted by atomic mass is 10.1. The molecule has 0 atom stereocenters. The van der Waals surface area contributed by atoms with Crippen LogP contribution in [-0.2, 0) is 16.4 Å². The third-order valence-electron chi connectivity index (χ3n) is 3.80. The van der Waals surface area contributed by atoms with Crippen molar-refractivity contribution in [1.82, 2.24) is 4.72 Å². The SMILES string of the molecule is COc1ccc(CCNS(=O)(=O)c2ccc([N+](=O)[O-])cc2OC)cc1OC. The first-order valence-electron chi connectivity index (χ1n) is 7.85. The number of nitrogens with zero attached hydrogens (tertiary/aromatic N) is 1. The first-order chi connectivity index (χ1) is 12.8. The number of benzene rings is 2.